The Labute approximate surface area is 119 Å². The Morgan fingerprint density at radius 3 is 2.40 bits per heavy atom. The normalized spacial score (nSPS) is 14.9. The molecule has 1 aliphatic rings. The second-order valence-corrected chi connectivity index (χ2v) is 4.96. The summed E-state index contributed by atoms with van der Waals surface area (Å²) in [6.45, 7) is 4.15. The summed E-state index contributed by atoms with van der Waals surface area (Å²) in [6.07, 6.45) is 5.54. The van der Waals surface area contributed by atoms with Crippen LogP contribution in [0.2, 0.25) is 0 Å². The number of carbonyl (C=O) groups is 3. The van der Waals surface area contributed by atoms with E-state index in [1.54, 1.807) is 0 Å². The molecule has 20 heavy (non-hydrogen) atoms. The average molecular weight is 284 g/mol. The summed E-state index contributed by atoms with van der Waals surface area (Å²) in [5.41, 5.74) is 0. The highest BCUT2D eigenvalue weighted by molar-refractivity contribution is 6.01. The number of nitrogens with zero attached hydrogens (tertiary/aromatic N) is 1. The third-order valence-electron chi connectivity index (χ3n) is 3.14. The van der Waals surface area contributed by atoms with Crippen molar-refractivity contribution < 1.29 is 19.2 Å². The lowest BCUT2D eigenvalue weighted by Gasteiger charge is -2.12. The van der Waals surface area contributed by atoms with Crippen LogP contribution < -0.4 is 5.32 Å². The first-order chi connectivity index (χ1) is 9.65. The molecule has 0 radical (unpaired) electrons. The fraction of sp³-hybridized carbons (Fsp3) is 0.786. The van der Waals surface area contributed by atoms with E-state index in [1.807, 2.05) is 0 Å². The maximum absolute atomic E-state index is 11.5. The number of amides is 2. The van der Waals surface area contributed by atoms with Crippen LogP contribution in [0.5, 0.6) is 0 Å². The van der Waals surface area contributed by atoms with Gasteiger partial charge in [0.2, 0.25) is 0 Å². The standard InChI is InChI=1S/C14H24N2O4/c1-2-3-10-15-11-6-4-5-7-14(19)20-16-12(17)8-9-13(16)18/h15H,2-11H2,1H3. The fourth-order valence-corrected chi connectivity index (χ4v) is 1.93. The largest absolute Gasteiger partial charge is 0.333 e. The molecule has 0 bridgehead atoms. The minimum Gasteiger partial charge on any atom is -0.330 e. The fourth-order valence-electron chi connectivity index (χ4n) is 1.93. The second-order valence-electron chi connectivity index (χ2n) is 4.96. The molecule has 6 heteroatoms. The molecule has 1 heterocycles. The van der Waals surface area contributed by atoms with E-state index in [2.05, 4.69) is 12.2 Å². The second kappa shape index (κ2) is 9.47. The Balaban J connectivity index is 2.00. The Hall–Kier alpha value is -1.43. The highest BCUT2D eigenvalue weighted by atomic mass is 16.7. The Morgan fingerprint density at radius 1 is 1.10 bits per heavy atom. The average Bonchev–Trinajstić information content (AvgIpc) is 2.73. The minimum absolute atomic E-state index is 0.134. The monoisotopic (exact) mass is 284 g/mol. The molecular weight excluding hydrogens is 260 g/mol. The molecule has 0 saturated carbocycles. The van der Waals surface area contributed by atoms with Gasteiger partial charge in [-0.15, -0.1) is 5.06 Å². The molecule has 0 aromatic heterocycles. The number of hydroxylamine groups is 2. The van der Waals surface area contributed by atoms with Gasteiger partial charge in [-0.1, -0.05) is 19.8 Å². The predicted octanol–water partition coefficient (Wildman–Crippen LogP) is 1.54. The minimum atomic E-state index is -0.507. The lowest BCUT2D eigenvalue weighted by molar-refractivity contribution is -0.197. The summed E-state index contributed by atoms with van der Waals surface area (Å²) in [7, 11) is 0. The number of rotatable bonds is 10. The predicted molar refractivity (Wildman–Crippen MR) is 73.4 cm³/mol. The van der Waals surface area contributed by atoms with E-state index >= 15 is 0 Å². The number of hydrogen-bond donors (Lipinski definition) is 1. The molecule has 1 rings (SSSR count). The maximum atomic E-state index is 11.5. The first kappa shape index (κ1) is 16.6. The lowest BCUT2D eigenvalue weighted by atomic mass is 10.2. The topological polar surface area (TPSA) is 75.7 Å². The number of nitrogens with one attached hydrogen (secondary N) is 1. The zero-order valence-electron chi connectivity index (χ0n) is 12.2. The van der Waals surface area contributed by atoms with Crippen molar-refractivity contribution in [3.05, 3.63) is 0 Å². The van der Waals surface area contributed by atoms with Gasteiger partial charge >= 0.3 is 5.97 Å². The molecule has 0 aromatic rings. The van der Waals surface area contributed by atoms with Gasteiger partial charge < -0.3 is 10.2 Å². The van der Waals surface area contributed by atoms with Crippen molar-refractivity contribution in [2.24, 2.45) is 0 Å². The van der Waals surface area contributed by atoms with Gasteiger partial charge in [-0.2, -0.15) is 0 Å². The number of unbranched alkanes of at least 4 members (excludes halogenated alkanes) is 3. The summed E-state index contributed by atoms with van der Waals surface area (Å²) >= 11 is 0. The van der Waals surface area contributed by atoms with Gasteiger partial charge in [0.25, 0.3) is 11.8 Å². The summed E-state index contributed by atoms with van der Waals surface area (Å²) in [6, 6.07) is 0. The van der Waals surface area contributed by atoms with Crippen molar-refractivity contribution in [1.82, 2.24) is 10.4 Å². The third-order valence-corrected chi connectivity index (χ3v) is 3.14. The molecule has 1 saturated heterocycles. The van der Waals surface area contributed by atoms with E-state index in [-0.39, 0.29) is 19.3 Å². The molecule has 6 nitrogen and oxygen atoms in total. The smallest absolute Gasteiger partial charge is 0.330 e. The zero-order chi connectivity index (χ0) is 14.8. The Kier molecular flexibility index (Phi) is 7.87. The van der Waals surface area contributed by atoms with E-state index in [9.17, 15) is 14.4 Å². The Morgan fingerprint density at radius 2 is 1.75 bits per heavy atom. The third kappa shape index (κ3) is 6.14. The first-order valence-electron chi connectivity index (χ1n) is 7.42. The molecule has 114 valence electrons. The van der Waals surface area contributed by atoms with Crippen LogP contribution in [0.1, 0.15) is 58.3 Å². The van der Waals surface area contributed by atoms with Gasteiger partial charge in [0.1, 0.15) is 0 Å². The highest BCUT2D eigenvalue weighted by Crippen LogP contribution is 2.13. The summed E-state index contributed by atoms with van der Waals surface area (Å²) in [5, 5.41) is 3.94. The van der Waals surface area contributed by atoms with Crippen LogP contribution in [-0.2, 0) is 19.2 Å². The van der Waals surface area contributed by atoms with Gasteiger partial charge in [0.05, 0.1) is 0 Å². The summed E-state index contributed by atoms with van der Waals surface area (Å²) in [5.74, 6) is -1.36. The zero-order valence-corrected chi connectivity index (χ0v) is 12.2. The summed E-state index contributed by atoms with van der Waals surface area (Å²) in [4.78, 5) is 38.7. The van der Waals surface area contributed by atoms with Crippen LogP contribution in [-0.4, -0.2) is 35.9 Å². The SMILES string of the molecule is CCCCNCCCCCC(=O)ON1C(=O)CCC1=O. The van der Waals surface area contributed by atoms with Crippen molar-refractivity contribution >= 4 is 17.8 Å². The molecule has 1 N–H and O–H groups in total. The highest BCUT2D eigenvalue weighted by Gasteiger charge is 2.32. The number of hydrogen-bond acceptors (Lipinski definition) is 5. The molecule has 2 amide bonds. The van der Waals surface area contributed by atoms with Crippen LogP contribution in [0.3, 0.4) is 0 Å². The van der Waals surface area contributed by atoms with E-state index < -0.39 is 17.8 Å². The quantitative estimate of drug-likeness (QED) is 0.486. The van der Waals surface area contributed by atoms with Gasteiger partial charge in [-0.25, -0.2) is 4.79 Å². The lowest BCUT2D eigenvalue weighted by Crippen LogP contribution is -2.31. The van der Waals surface area contributed by atoms with Gasteiger partial charge in [0, 0.05) is 19.3 Å². The van der Waals surface area contributed by atoms with E-state index in [1.165, 1.54) is 12.8 Å². The van der Waals surface area contributed by atoms with Crippen LogP contribution in [0.15, 0.2) is 0 Å². The van der Waals surface area contributed by atoms with Crippen LogP contribution in [0, 0.1) is 0 Å². The van der Waals surface area contributed by atoms with Gasteiger partial charge in [0.15, 0.2) is 0 Å². The van der Waals surface area contributed by atoms with Crippen molar-refractivity contribution in [1.29, 1.82) is 0 Å². The molecule has 0 unspecified atom stereocenters. The van der Waals surface area contributed by atoms with Crippen molar-refractivity contribution in [2.75, 3.05) is 13.1 Å². The number of imide groups is 1. The van der Waals surface area contributed by atoms with Crippen molar-refractivity contribution in [3.8, 4) is 0 Å². The first-order valence-corrected chi connectivity index (χ1v) is 7.42. The maximum Gasteiger partial charge on any atom is 0.333 e. The van der Waals surface area contributed by atoms with Crippen LogP contribution in [0.4, 0.5) is 0 Å². The van der Waals surface area contributed by atoms with Gasteiger partial charge in [-0.3, -0.25) is 9.59 Å². The molecule has 0 atom stereocenters. The van der Waals surface area contributed by atoms with Crippen molar-refractivity contribution in [3.63, 3.8) is 0 Å². The Bertz CT molecular complexity index is 328. The molecule has 1 aliphatic heterocycles. The van der Waals surface area contributed by atoms with Crippen LogP contribution >= 0.6 is 0 Å². The molecule has 0 aliphatic carbocycles. The molecule has 0 spiro atoms. The van der Waals surface area contributed by atoms with Crippen LogP contribution in [0.25, 0.3) is 0 Å². The van der Waals surface area contributed by atoms with Gasteiger partial charge in [-0.05, 0) is 32.4 Å². The summed E-state index contributed by atoms with van der Waals surface area (Å²) < 4.78 is 0. The molecule has 1 fully saturated rings. The van der Waals surface area contributed by atoms with E-state index in [4.69, 9.17) is 4.84 Å². The molecular formula is C14H24N2O4. The molecule has 0 aromatic carbocycles. The number of carbonyl (C=O) groups excluding carboxylic acids is 3. The van der Waals surface area contributed by atoms with E-state index in [0.717, 1.165) is 25.9 Å². The van der Waals surface area contributed by atoms with Crippen molar-refractivity contribution in [2.45, 2.75) is 58.3 Å². The van der Waals surface area contributed by atoms with E-state index in [0.29, 0.717) is 11.5 Å².